The summed E-state index contributed by atoms with van der Waals surface area (Å²) in [5.74, 6) is -0.521. The lowest BCUT2D eigenvalue weighted by molar-refractivity contribution is -0.140. The molecule has 3 aromatic rings. The fourth-order valence-electron chi connectivity index (χ4n) is 4.38. The Morgan fingerprint density at radius 1 is 0.951 bits per heavy atom. The number of nitrogens with zero attached hydrogens (tertiary/aromatic N) is 2. The van der Waals surface area contributed by atoms with Gasteiger partial charge in [0.15, 0.2) is 0 Å². The molecular weight excluding hydrogens is 562 g/mol. The fraction of sp³-hybridized carbons (Fsp3) is 0.355. The molecule has 0 radical (unpaired) electrons. The Hall–Kier alpha value is -3.56. The number of carbonyl (C=O) groups excluding carboxylic acids is 2. The van der Waals surface area contributed by atoms with Crippen molar-refractivity contribution in [1.82, 2.24) is 10.2 Å². The molecule has 0 aliphatic heterocycles. The molecule has 10 heteroatoms. The first-order valence-corrected chi connectivity index (χ1v) is 15.4. The molecule has 0 saturated heterocycles. The van der Waals surface area contributed by atoms with Crippen molar-refractivity contribution < 1.29 is 22.7 Å². The molecule has 0 unspecified atom stereocenters. The number of halogens is 1. The first-order valence-electron chi connectivity index (χ1n) is 13.6. The Bertz CT molecular complexity index is 1430. The monoisotopic (exact) mass is 599 g/mol. The van der Waals surface area contributed by atoms with Gasteiger partial charge in [-0.1, -0.05) is 60.5 Å². The molecule has 1 N–H and O–H groups in total. The SMILES string of the molecule is CCOc1ccccc1N(CC(=O)N(Cc1ccc(Cl)cc1)[C@H](CC)C(=O)NC(C)C)S(=O)(=O)c1ccc(C)cc1. The van der Waals surface area contributed by atoms with E-state index in [2.05, 4.69) is 5.32 Å². The van der Waals surface area contributed by atoms with Gasteiger partial charge in [0.05, 0.1) is 17.2 Å². The quantitative estimate of drug-likeness (QED) is 0.277. The van der Waals surface area contributed by atoms with Crippen LogP contribution in [0.15, 0.2) is 77.7 Å². The molecule has 41 heavy (non-hydrogen) atoms. The molecule has 0 fully saturated rings. The molecule has 0 heterocycles. The van der Waals surface area contributed by atoms with E-state index < -0.39 is 28.5 Å². The predicted molar refractivity (Wildman–Crippen MR) is 163 cm³/mol. The first-order chi connectivity index (χ1) is 19.5. The Labute approximate surface area is 248 Å². The van der Waals surface area contributed by atoms with Gasteiger partial charge in [0, 0.05) is 17.6 Å². The molecule has 2 amide bonds. The molecule has 0 aliphatic carbocycles. The standard InChI is InChI=1S/C31H38ClN3O5S/c1-6-27(31(37)33-22(3)4)34(20-24-14-16-25(32)17-15-24)30(36)21-35(28-10-8-9-11-29(28)40-7-2)41(38,39)26-18-12-23(5)13-19-26/h8-19,22,27H,6-7,20-21H2,1-5H3,(H,33,37)/t27-/m1/s1. The number of amides is 2. The van der Waals surface area contributed by atoms with Crippen LogP contribution < -0.4 is 14.4 Å². The van der Waals surface area contributed by atoms with Crippen molar-refractivity contribution in [2.75, 3.05) is 17.5 Å². The minimum atomic E-state index is -4.20. The number of hydrogen-bond acceptors (Lipinski definition) is 5. The van der Waals surface area contributed by atoms with Crippen molar-refractivity contribution in [2.24, 2.45) is 0 Å². The van der Waals surface area contributed by atoms with E-state index in [-0.39, 0.29) is 29.1 Å². The summed E-state index contributed by atoms with van der Waals surface area (Å²) in [4.78, 5) is 28.9. The summed E-state index contributed by atoms with van der Waals surface area (Å²) in [7, 11) is -4.20. The molecule has 3 aromatic carbocycles. The zero-order chi connectivity index (χ0) is 30.2. The van der Waals surface area contributed by atoms with Gasteiger partial charge in [-0.3, -0.25) is 13.9 Å². The lowest BCUT2D eigenvalue weighted by atomic mass is 10.1. The molecule has 220 valence electrons. The highest BCUT2D eigenvalue weighted by Gasteiger charge is 2.34. The Morgan fingerprint density at radius 3 is 2.17 bits per heavy atom. The van der Waals surface area contributed by atoms with Crippen LogP contribution in [0.4, 0.5) is 5.69 Å². The molecule has 1 atom stereocenters. The van der Waals surface area contributed by atoms with Crippen molar-refractivity contribution in [3.8, 4) is 5.75 Å². The number of para-hydroxylation sites is 2. The minimum Gasteiger partial charge on any atom is -0.492 e. The highest BCUT2D eigenvalue weighted by atomic mass is 35.5. The highest BCUT2D eigenvalue weighted by Crippen LogP contribution is 2.33. The molecule has 0 saturated carbocycles. The van der Waals surface area contributed by atoms with Crippen LogP contribution in [-0.2, 0) is 26.2 Å². The van der Waals surface area contributed by atoms with E-state index in [0.717, 1.165) is 15.4 Å². The van der Waals surface area contributed by atoms with Crippen molar-refractivity contribution in [2.45, 2.75) is 64.6 Å². The van der Waals surface area contributed by atoms with E-state index >= 15 is 0 Å². The van der Waals surface area contributed by atoms with Crippen LogP contribution in [0.3, 0.4) is 0 Å². The van der Waals surface area contributed by atoms with Crippen LogP contribution in [0.1, 0.15) is 45.2 Å². The summed E-state index contributed by atoms with van der Waals surface area (Å²) in [6.07, 6.45) is 0.331. The number of rotatable bonds is 13. The number of hydrogen-bond donors (Lipinski definition) is 1. The predicted octanol–water partition coefficient (Wildman–Crippen LogP) is 5.57. The average Bonchev–Trinajstić information content (AvgIpc) is 2.93. The summed E-state index contributed by atoms with van der Waals surface area (Å²) in [5, 5.41) is 3.43. The van der Waals surface area contributed by atoms with Crippen LogP contribution in [-0.4, -0.2) is 50.4 Å². The van der Waals surface area contributed by atoms with Crippen molar-refractivity contribution in [3.05, 3.63) is 88.9 Å². The second kappa shape index (κ2) is 14.4. The minimum absolute atomic E-state index is 0.0380. The fourth-order valence-corrected chi connectivity index (χ4v) is 5.93. The summed E-state index contributed by atoms with van der Waals surface area (Å²) < 4.78 is 35.0. The molecule has 0 aromatic heterocycles. The molecule has 0 bridgehead atoms. The first kappa shape index (κ1) is 32.0. The van der Waals surface area contributed by atoms with Gasteiger partial charge in [0.1, 0.15) is 18.3 Å². The number of carbonyl (C=O) groups is 2. The second-order valence-electron chi connectivity index (χ2n) is 9.96. The third-order valence-electron chi connectivity index (χ3n) is 6.40. The van der Waals surface area contributed by atoms with Crippen molar-refractivity contribution >= 4 is 39.1 Å². The average molecular weight is 600 g/mol. The maximum Gasteiger partial charge on any atom is 0.264 e. The molecule has 8 nitrogen and oxygen atoms in total. The maximum absolute atomic E-state index is 14.2. The summed E-state index contributed by atoms with van der Waals surface area (Å²) in [6, 6.07) is 19.2. The van der Waals surface area contributed by atoms with E-state index in [1.54, 1.807) is 67.6 Å². The van der Waals surface area contributed by atoms with Crippen molar-refractivity contribution in [3.63, 3.8) is 0 Å². The van der Waals surface area contributed by atoms with Crippen LogP contribution in [0.5, 0.6) is 5.75 Å². The van der Waals surface area contributed by atoms with E-state index in [1.165, 1.54) is 17.0 Å². The van der Waals surface area contributed by atoms with Gasteiger partial charge in [-0.2, -0.15) is 0 Å². The van der Waals surface area contributed by atoms with Crippen LogP contribution in [0, 0.1) is 6.92 Å². The number of anilines is 1. The number of sulfonamides is 1. The normalized spacial score (nSPS) is 12.1. The number of ether oxygens (including phenoxy) is 1. The van der Waals surface area contributed by atoms with E-state index in [9.17, 15) is 18.0 Å². The van der Waals surface area contributed by atoms with E-state index in [4.69, 9.17) is 16.3 Å². The van der Waals surface area contributed by atoms with Crippen LogP contribution in [0.2, 0.25) is 5.02 Å². The summed E-state index contributed by atoms with van der Waals surface area (Å²) >= 11 is 6.07. The molecule has 0 aliphatic rings. The maximum atomic E-state index is 14.2. The van der Waals surface area contributed by atoms with E-state index in [0.29, 0.717) is 23.8 Å². The molecule has 0 spiro atoms. The van der Waals surface area contributed by atoms with Gasteiger partial charge in [-0.05, 0) is 76.1 Å². The zero-order valence-electron chi connectivity index (χ0n) is 24.1. The summed E-state index contributed by atoms with van der Waals surface area (Å²) in [5.41, 5.74) is 1.88. The Morgan fingerprint density at radius 2 is 1.59 bits per heavy atom. The van der Waals surface area contributed by atoms with Crippen LogP contribution in [0.25, 0.3) is 0 Å². The van der Waals surface area contributed by atoms with Gasteiger partial charge >= 0.3 is 0 Å². The third-order valence-corrected chi connectivity index (χ3v) is 8.43. The van der Waals surface area contributed by atoms with Crippen LogP contribution >= 0.6 is 11.6 Å². The van der Waals surface area contributed by atoms with Gasteiger partial charge in [0.25, 0.3) is 10.0 Å². The Balaban J connectivity index is 2.11. The smallest absolute Gasteiger partial charge is 0.264 e. The number of nitrogens with one attached hydrogen (secondary N) is 1. The van der Waals surface area contributed by atoms with E-state index in [1.807, 2.05) is 27.7 Å². The third kappa shape index (κ3) is 8.24. The Kier molecular flexibility index (Phi) is 11.2. The lowest BCUT2D eigenvalue weighted by Crippen LogP contribution is -2.53. The number of benzene rings is 3. The zero-order valence-corrected chi connectivity index (χ0v) is 25.7. The lowest BCUT2D eigenvalue weighted by Gasteiger charge is -2.34. The van der Waals surface area contributed by atoms with Crippen molar-refractivity contribution in [1.29, 1.82) is 0 Å². The van der Waals surface area contributed by atoms with Gasteiger partial charge < -0.3 is 15.0 Å². The molecule has 3 rings (SSSR count). The van der Waals surface area contributed by atoms with Gasteiger partial charge in [-0.15, -0.1) is 0 Å². The highest BCUT2D eigenvalue weighted by molar-refractivity contribution is 7.92. The van der Waals surface area contributed by atoms with Gasteiger partial charge in [0.2, 0.25) is 11.8 Å². The van der Waals surface area contributed by atoms with Gasteiger partial charge in [-0.25, -0.2) is 8.42 Å². The summed E-state index contributed by atoms with van der Waals surface area (Å²) in [6.45, 7) is 9.02. The number of aryl methyl sites for hydroxylation is 1. The largest absolute Gasteiger partial charge is 0.492 e. The second-order valence-corrected chi connectivity index (χ2v) is 12.3. The topological polar surface area (TPSA) is 96.0 Å². The molecular formula is C31H38ClN3O5S.